The van der Waals surface area contributed by atoms with Crippen molar-refractivity contribution in [1.29, 1.82) is 0 Å². The van der Waals surface area contributed by atoms with Gasteiger partial charge in [0.15, 0.2) is 0 Å². The second-order valence-corrected chi connectivity index (χ2v) is 37.5. The molecule has 0 saturated carbocycles. The van der Waals surface area contributed by atoms with E-state index in [0.29, 0.717) is 29.8 Å². The highest BCUT2D eigenvalue weighted by atomic mass is 32.2. The largest absolute Gasteiger partial charge is 0.497 e. The Kier molecular flexibility index (Phi) is 29.4. The number of aliphatic hydroxyl groups is 3. The second kappa shape index (κ2) is 31.7. The van der Waals surface area contributed by atoms with Crippen LogP contribution in [-0.2, 0) is 30.0 Å². The molecule has 4 N–H and O–H groups in total. The molecule has 416 valence electrons. The molecule has 0 spiro atoms. The van der Waals surface area contributed by atoms with Crippen molar-refractivity contribution in [3.05, 3.63) is 65.3 Å². The topological polar surface area (TPSA) is 144 Å². The van der Waals surface area contributed by atoms with Gasteiger partial charge in [-0.1, -0.05) is 132 Å². The quantitative estimate of drug-likeness (QED) is 0.0296. The summed E-state index contributed by atoms with van der Waals surface area (Å²) in [5.41, 5.74) is 3.80. The SMILES string of the molecule is C/C=C\C(C)/C=C(\C)[C@@H](O)[C@@H](CO)[C@H](O)[C@H](C)CCC1([C@@H](C)/C=C(\C)[C@H](O[Si](C(C)C)(C(C)C)C(C)C)[C@@H](C)[C@H](OCc2ccc(OC)cc2)[C@H](C)[C@H](OC)[C@@H](COCC[Si](C)(C)C)C(=O)O)SCCCS1. The van der Waals surface area contributed by atoms with Gasteiger partial charge in [-0.3, -0.25) is 4.79 Å². The molecule has 0 aliphatic carbocycles. The molecule has 2 rings (SSSR count). The number of benzene rings is 1. The van der Waals surface area contributed by atoms with E-state index in [0.717, 1.165) is 59.3 Å². The first kappa shape index (κ1) is 66.7. The number of ether oxygens (including phenoxy) is 4. The molecule has 0 bridgehead atoms. The van der Waals surface area contributed by atoms with Gasteiger partial charge in [-0.25, -0.2) is 0 Å². The molecule has 1 fully saturated rings. The van der Waals surface area contributed by atoms with Gasteiger partial charge in [0.1, 0.15) is 11.7 Å². The van der Waals surface area contributed by atoms with E-state index in [-0.39, 0.29) is 53.0 Å². The van der Waals surface area contributed by atoms with Crippen LogP contribution in [0.4, 0.5) is 0 Å². The van der Waals surface area contributed by atoms with Gasteiger partial charge in [-0.15, -0.1) is 23.5 Å². The fraction of sp³-hybridized carbons (Fsp3) is 0.776. The standard InChI is InChI=1S/C58H104O10S2Si2/c1-20-22-41(8)33-43(10)53(61)50(35-59)52(60)42(9)27-28-58(69-30-21-31-70-58)45(12)34-44(11)54(68-72(38(2)3,39(4)5)40(6)7)46(13)55(67-36-48-23-25-49(64-15)26-24-48)47(14)56(65-16)51(57(62)63)37-66-29-32-71(17,18)19/h20,22-26,33-34,38-42,45-47,50-56,59-61H,21,27-32,35-37H2,1-19H3,(H,62,63)/b22-20-,43-33+,44-34+/t41?,42-,45+,46-,47+,50+,51-,52-,53-,54+,55+,56+/m1/s1. The Balaban J connectivity index is 2.78. The van der Waals surface area contributed by atoms with Gasteiger partial charge >= 0.3 is 5.97 Å². The van der Waals surface area contributed by atoms with Crippen LogP contribution < -0.4 is 4.74 Å². The number of rotatable bonds is 34. The molecule has 1 saturated heterocycles. The zero-order valence-electron chi connectivity index (χ0n) is 48.4. The van der Waals surface area contributed by atoms with Crippen LogP contribution in [0, 0.1) is 41.4 Å². The van der Waals surface area contributed by atoms with Crippen molar-refractivity contribution >= 4 is 45.9 Å². The number of carboxylic acids is 1. The summed E-state index contributed by atoms with van der Waals surface area (Å²) in [5.74, 6) is -0.271. The lowest BCUT2D eigenvalue weighted by atomic mass is 9.79. The summed E-state index contributed by atoms with van der Waals surface area (Å²) < 4.78 is 32.8. The second-order valence-electron chi connectivity index (χ2n) is 23.4. The predicted molar refractivity (Wildman–Crippen MR) is 311 cm³/mol. The molecule has 0 aromatic heterocycles. The molecule has 12 atom stereocenters. The zero-order chi connectivity index (χ0) is 54.7. The molecule has 0 amide bonds. The van der Waals surface area contributed by atoms with Gasteiger partial charge in [0.25, 0.3) is 0 Å². The number of aliphatic carboxylic acids is 1. The summed E-state index contributed by atoms with van der Waals surface area (Å²) >= 11 is 4.03. The Morgan fingerprint density at radius 3 is 1.90 bits per heavy atom. The summed E-state index contributed by atoms with van der Waals surface area (Å²) in [6, 6.07) is 8.83. The lowest BCUT2D eigenvalue weighted by molar-refractivity contribution is -0.158. The van der Waals surface area contributed by atoms with E-state index in [1.165, 1.54) is 0 Å². The predicted octanol–water partition coefficient (Wildman–Crippen LogP) is 13.5. The highest BCUT2D eigenvalue weighted by Crippen LogP contribution is 2.53. The molecule has 1 unspecified atom stereocenters. The third kappa shape index (κ3) is 19.2. The summed E-state index contributed by atoms with van der Waals surface area (Å²) in [5, 5.41) is 44.5. The Morgan fingerprint density at radius 2 is 1.42 bits per heavy atom. The van der Waals surface area contributed by atoms with Gasteiger partial charge < -0.3 is 43.8 Å². The number of hydrogen-bond acceptors (Lipinski definition) is 11. The Morgan fingerprint density at radius 1 is 0.833 bits per heavy atom. The molecule has 72 heavy (non-hydrogen) atoms. The van der Waals surface area contributed by atoms with Crippen molar-refractivity contribution in [1.82, 2.24) is 0 Å². The van der Waals surface area contributed by atoms with E-state index >= 15 is 0 Å². The van der Waals surface area contributed by atoms with Crippen LogP contribution in [0.5, 0.6) is 5.75 Å². The monoisotopic (exact) mass is 1080 g/mol. The van der Waals surface area contributed by atoms with Crippen LogP contribution >= 0.6 is 23.5 Å². The van der Waals surface area contributed by atoms with Crippen LogP contribution in [0.15, 0.2) is 59.7 Å². The Labute approximate surface area is 449 Å². The number of thioether (sulfide) groups is 2. The molecular formula is C58H104O10S2Si2. The van der Waals surface area contributed by atoms with Crippen molar-refractivity contribution in [3.63, 3.8) is 0 Å². The first-order chi connectivity index (χ1) is 33.7. The lowest BCUT2D eigenvalue weighted by Crippen LogP contribution is -2.54. The lowest BCUT2D eigenvalue weighted by Gasteiger charge is -2.48. The summed E-state index contributed by atoms with van der Waals surface area (Å²) in [7, 11) is -0.688. The number of allylic oxidation sites excluding steroid dienone is 4. The van der Waals surface area contributed by atoms with E-state index in [2.05, 4.69) is 108 Å². The molecular weight excluding hydrogens is 977 g/mol. The normalized spacial score (nSPS) is 20.5. The first-order valence-electron chi connectivity index (χ1n) is 27.2. The zero-order valence-corrected chi connectivity index (χ0v) is 52.0. The number of hydrogen-bond donors (Lipinski definition) is 4. The summed E-state index contributed by atoms with van der Waals surface area (Å²) in [6.45, 7) is 38.1. The minimum absolute atomic E-state index is 0.0455. The van der Waals surface area contributed by atoms with Crippen LogP contribution in [-0.4, -0.2) is 123 Å². The maximum absolute atomic E-state index is 13.2. The summed E-state index contributed by atoms with van der Waals surface area (Å²) in [4.78, 5) is 13.2. The summed E-state index contributed by atoms with van der Waals surface area (Å²) in [6.07, 6.45) is 7.78. The fourth-order valence-corrected chi connectivity index (χ4v) is 21.3. The molecule has 0 radical (unpaired) electrons. The third-order valence-corrected chi connectivity index (χ3v) is 27.3. The number of carbonyl (C=O) groups is 1. The minimum Gasteiger partial charge on any atom is -0.497 e. The van der Waals surface area contributed by atoms with E-state index in [1.807, 2.05) is 80.7 Å². The number of carboxylic acid groups (broad SMARTS) is 1. The van der Waals surface area contributed by atoms with Crippen molar-refractivity contribution in [2.75, 3.05) is 45.5 Å². The molecule has 1 aromatic carbocycles. The van der Waals surface area contributed by atoms with Crippen LogP contribution in [0.2, 0.25) is 42.3 Å². The highest BCUT2D eigenvalue weighted by molar-refractivity contribution is 8.18. The average Bonchev–Trinajstić information content (AvgIpc) is 3.31. The molecule has 10 nitrogen and oxygen atoms in total. The molecule has 1 aromatic rings. The Hall–Kier alpha value is -1.44. The van der Waals surface area contributed by atoms with Gasteiger partial charge in [-0.05, 0) is 121 Å². The van der Waals surface area contributed by atoms with E-state index in [1.54, 1.807) is 14.2 Å². The fourth-order valence-electron chi connectivity index (χ4n) is 11.4. The number of aliphatic hydroxyl groups excluding tert-OH is 3. The third-order valence-electron chi connectivity index (χ3n) is 15.7. The molecule has 14 heteroatoms. The van der Waals surface area contributed by atoms with Crippen molar-refractivity contribution in [2.45, 2.75) is 200 Å². The van der Waals surface area contributed by atoms with E-state index in [9.17, 15) is 25.2 Å². The minimum atomic E-state index is -2.54. The van der Waals surface area contributed by atoms with E-state index in [4.69, 9.17) is 23.4 Å². The van der Waals surface area contributed by atoms with Crippen molar-refractivity contribution in [3.8, 4) is 5.75 Å². The van der Waals surface area contributed by atoms with Crippen LogP contribution in [0.25, 0.3) is 0 Å². The average molecular weight is 1080 g/mol. The maximum atomic E-state index is 13.2. The first-order valence-corrected chi connectivity index (χ1v) is 35.0. The Bertz CT molecular complexity index is 1770. The smallest absolute Gasteiger partial charge is 0.311 e. The maximum Gasteiger partial charge on any atom is 0.311 e. The van der Waals surface area contributed by atoms with E-state index < -0.39 is 58.6 Å². The van der Waals surface area contributed by atoms with Crippen LogP contribution in [0.3, 0.4) is 0 Å². The number of methoxy groups -OCH3 is 2. The van der Waals surface area contributed by atoms with Gasteiger partial charge in [-0.2, -0.15) is 0 Å². The van der Waals surface area contributed by atoms with Crippen LogP contribution in [0.1, 0.15) is 122 Å². The highest BCUT2D eigenvalue weighted by Gasteiger charge is 2.50. The van der Waals surface area contributed by atoms with Crippen molar-refractivity contribution < 1.29 is 48.6 Å². The van der Waals surface area contributed by atoms with Crippen molar-refractivity contribution in [2.24, 2.45) is 41.4 Å². The molecule has 1 heterocycles. The van der Waals surface area contributed by atoms with Gasteiger partial charge in [0, 0.05) is 39.5 Å². The van der Waals surface area contributed by atoms with Gasteiger partial charge in [0.05, 0.1) is 61.5 Å². The van der Waals surface area contributed by atoms with Gasteiger partial charge in [0.2, 0.25) is 8.32 Å². The molecule has 1 aliphatic rings. The molecule has 1 aliphatic heterocycles.